The van der Waals surface area contributed by atoms with Crippen molar-refractivity contribution >= 4 is 0 Å². The van der Waals surface area contributed by atoms with E-state index in [0.29, 0.717) is 57.6 Å². The van der Waals surface area contributed by atoms with Gasteiger partial charge in [0.1, 0.15) is 0 Å². The van der Waals surface area contributed by atoms with Crippen LogP contribution in [0.5, 0.6) is 0 Å². The smallest absolute Gasteiger partial charge is 0.172 e. The van der Waals surface area contributed by atoms with Gasteiger partial charge >= 0.3 is 0 Å². The summed E-state index contributed by atoms with van der Waals surface area (Å²) in [5.41, 5.74) is 2.02. The van der Waals surface area contributed by atoms with Crippen LogP contribution in [0.4, 0.5) is 0 Å². The molecule has 158 valence electrons. The molecular weight excluding hydrogens is 408 g/mol. The van der Waals surface area contributed by atoms with Crippen molar-refractivity contribution in [2.75, 3.05) is 0 Å². The maximum atomic E-state index is 5.98. The predicted octanol–water partition coefficient (Wildman–Crippen LogP) is 8.20. The standard InChI is InChI=1S/C26H18O6/c1-15-11-13-27-25(15)23-9-7-21(31-23)19-5-3-17(29-19)18-4-6-20(30-18)22-8-10-24(32-22)26-16(2)12-14-28-26/h3-14H,1-2H3. The highest BCUT2D eigenvalue weighted by atomic mass is 16.4. The van der Waals surface area contributed by atoms with Gasteiger partial charge in [0.15, 0.2) is 57.6 Å². The van der Waals surface area contributed by atoms with Crippen molar-refractivity contribution in [3.8, 4) is 57.6 Å². The number of hydrogen-bond donors (Lipinski definition) is 0. The number of furan rings is 6. The molecule has 0 radical (unpaired) electrons. The molecule has 6 nitrogen and oxygen atoms in total. The van der Waals surface area contributed by atoms with Crippen molar-refractivity contribution in [1.29, 1.82) is 0 Å². The minimum absolute atomic E-state index is 0.590. The zero-order valence-corrected chi connectivity index (χ0v) is 17.4. The third-order valence-corrected chi connectivity index (χ3v) is 5.32. The van der Waals surface area contributed by atoms with E-state index in [1.165, 1.54) is 0 Å². The van der Waals surface area contributed by atoms with Crippen molar-refractivity contribution in [3.05, 3.63) is 84.3 Å². The molecule has 0 aromatic carbocycles. The summed E-state index contributed by atoms with van der Waals surface area (Å²) < 4.78 is 34.8. The van der Waals surface area contributed by atoms with E-state index in [2.05, 4.69) is 0 Å². The first-order valence-electron chi connectivity index (χ1n) is 10.1. The number of rotatable bonds is 5. The molecule has 6 heteroatoms. The second kappa shape index (κ2) is 7.13. The van der Waals surface area contributed by atoms with Gasteiger partial charge in [-0.15, -0.1) is 0 Å². The van der Waals surface area contributed by atoms with Crippen molar-refractivity contribution in [1.82, 2.24) is 0 Å². The largest absolute Gasteiger partial charge is 0.461 e. The molecule has 0 saturated carbocycles. The average molecular weight is 426 g/mol. The Hall–Kier alpha value is -4.32. The fourth-order valence-corrected chi connectivity index (χ4v) is 3.64. The summed E-state index contributed by atoms with van der Waals surface area (Å²) in [5.74, 6) is 6.32. The molecule has 6 aromatic rings. The molecule has 0 aliphatic carbocycles. The molecule has 6 aromatic heterocycles. The quantitative estimate of drug-likeness (QED) is 0.276. The summed E-state index contributed by atoms with van der Waals surface area (Å²) in [4.78, 5) is 0. The molecule has 0 N–H and O–H groups in total. The molecule has 0 aliphatic rings. The van der Waals surface area contributed by atoms with Crippen molar-refractivity contribution in [3.63, 3.8) is 0 Å². The lowest BCUT2D eigenvalue weighted by Crippen LogP contribution is -1.72. The van der Waals surface area contributed by atoms with Crippen LogP contribution < -0.4 is 0 Å². The van der Waals surface area contributed by atoms with Crippen LogP contribution in [-0.4, -0.2) is 0 Å². The molecule has 0 fully saturated rings. The normalized spacial score (nSPS) is 11.4. The Balaban J connectivity index is 1.25. The Labute approximate surface area is 182 Å². The van der Waals surface area contributed by atoms with Gasteiger partial charge in [-0.1, -0.05) is 0 Å². The maximum Gasteiger partial charge on any atom is 0.172 e. The SMILES string of the molecule is Cc1ccoc1-c1ccc(-c2ccc(-c3ccc(-c4ccc(-c5occc5C)o4)o3)o2)o1. The second-order valence-corrected chi connectivity index (χ2v) is 7.52. The summed E-state index contributed by atoms with van der Waals surface area (Å²) in [7, 11) is 0. The van der Waals surface area contributed by atoms with E-state index in [-0.39, 0.29) is 0 Å². The fourth-order valence-electron chi connectivity index (χ4n) is 3.64. The van der Waals surface area contributed by atoms with Crippen LogP contribution in [0.25, 0.3) is 57.6 Å². The molecule has 0 bridgehead atoms. The van der Waals surface area contributed by atoms with Crippen LogP contribution >= 0.6 is 0 Å². The van der Waals surface area contributed by atoms with Gasteiger partial charge in [0.05, 0.1) is 12.5 Å². The summed E-state index contributed by atoms with van der Waals surface area (Å²) in [5, 5.41) is 0. The summed E-state index contributed by atoms with van der Waals surface area (Å²) in [6.45, 7) is 3.94. The van der Waals surface area contributed by atoms with Crippen LogP contribution in [0, 0.1) is 13.8 Å². The van der Waals surface area contributed by atoms with E-state index in [1.54, 1.807) is 12.5 Å². The van der Waals surface area contributed by atoms with E-state index >= 15 is 0 Å². The van der Waals surface area contributed by atoms with E-state index in [1.807, 2.05) is 74.5 Å². The minimum atomic E-state index is 0.590. The lowest BCUT2D eigenvalue weighted by Gasteiger charge is -1.95. The highest BCUT2D eigenvalue weighted by Crippen LogP contribution is 2.36. The average Bonchev–Trinajstić information content (AvgIpc) is 3.61. The van der Waals surface area contributed by atoms with Gasteiger partial charge in [-0.05, 0) is 85.6 Å². The third-order valence-electron chi connectivity index (χ3n) is 5.32. The highest BCUT2D eigenvalue weighted by Gasteiger charge is 2.18. The molecule has 0 atom stereocenters. The van der Waals surface area contributed by atoms with Crippen molar-refractivity contribution in [2.24, 2.45) is 0 Å². The first-order chi connectivity index (χ1) is 15.7. The lowest BCUT2D eigenvalue weighted by molar-refractivity contribution is 0.493. The molecule has 32 heavy (non-hydrogen) atoms. The van der Waals surface area contributed by atoms with Crippen LogP contribution in [0.2, 0.25) is 0 Å². The van der Waals surface area contributed by atoms with E-state index in [9.17, 15) is 0 Å². The summed E-state index contributed by atoms with van der Waals surface area (Å²) in [6, 6.07) is 18.6. The van der Waals surface area contributed by atoms with Crippen molar-refractivity contribution < 1.29 is 26.5 Å². The molecular formula is C26H18O6. The van der Waals surface area contributed by atoms with Crippen LogP contribution in [0.15, 0.2) is 99.7 Å². The molecule has 0 unspecified atom stereocenters. The Morgan fingerprint density at radius 3 is 0.938 bits per heavy atom. The Bertz CT molecular complexity index is 1390. The lowest BCUT2D eigenvalue weighted by atomic mass is 10.2. The van der Waals surface area contributed by atoms with E-state index in [0.717, 1.165) is 11.1 Å². The zero-order chi connectivity index (χ0) is 21.7. The van der Waals surface area contributed by atoms with Gasteiger partial charge < -0.3 is 26.5 Å². The molecule has 6 rings (SSSR count). The van der Waals surface area contributed by atoms with E-state index in [4.69, 9.17) is 26.5 Å². The Morgan fingerprint density at radius 1 is 0.375 bits per heavy atom. The van der Waals surface area contributed by atoms with Gasteiger partial charge in [-0.2, -0.15) is 0 Å². The van der Waals surface area contributed by atoms with Crippen LogP contribution in [0.3, 0.4) is 0 Å². The topological polar surface area (TPSA) is 78.8 Å². The first-order valence-corrected chi connectivity index (χ1v) is 10.1. The maximum absolute atomic E-state index is 5.98. The van der Waals surface area contributed by atoms with Crippen LogP contribution in [0.1, 0.15) is 11.1 Å². The molecule has 0 saturated heterocycles. The van der Waals surface area contributed by atoms with Gasteiger partial charge in [0, 0.05) is 0 Å². The number of hydrogen-bond acceptors (Lipinski definition) is 6. The third kappa shape index (κ3) is 3.04. The van der Waals surface area contributed by atoms with Gasteiger partial charge in [0.2, 0.25) is 0 Å². The molecule has 0 aliphatic heterocycles. The molecule has 0 spiro atoms. The van der Waals surface area contributed by atoms with Gasteiger partial charge in [0.25, 0.3) is 0 Å². The first kappa shape index (κ1) is 18.4. The second-order valence-electron chi connectivity index (χ2n) is 7.52. The van der Waals surface area contributed by atoms with Gasteiger partial charge in [-0.25, -0.2) is 0 Å². The van der Waals surface area contributed by atoms with Crippen molar-refractivity contribution in [2.45, 2.75) is 13.8 Å². The Kier molecular flexibility index (Phi) is 4.11. The Morgan fingerprint density at radius 2 is 0.656 bits per heavy atom. The van der Waals surface area contributed by atoms with E-state index < -0.39 is 0 Å². The summed E-state index contributed by atoms with van der Waals surface area (Å²) in [6.07, 6.45) is 3.29. The predicted molar refractivity (Wildman–Crippen MR) is 117 cm³/mol. The fraction of sp³-hybridized carbons (Fsp3) is 0.0769. The molecule has 0 amide bonds. The highest BCUT2D eigenvalue weighted by molar-refractivity contribution is 5.65. The molecule has 6 heterocycles. The number of aryl methyl sites for hydroxylation is 2. The zero-order valence-electron chi connectivity index (χ0n) is 17.4. The minimum Gasteiger partial charge on any atom is -0.461 e. The monoisotopic (exact) mass is 426 g/mol. The van der Waals surface area contributed by atoms with Crippen LogP contribution in [-0.2, 0) is 0 Å². The van der Waals surface area contributed by atoms with Gasteiger partial charge in [-0.3, -0.25) is 0 Å². The summed E-state index contributed by atoms with van der Waals surface area (Å²) >= 11 is 0.